The Hall–Kier alpha value is -1.17. The van der Waals surface area contributed by atoms with Crippen LogP contribution in [-0.4, -0.2) is 44.7 Å². The van der Waals surface area contributed by atoms with Crippen molar-refractivity contribution in [1.29, 1.82) is 0 Å². The fourth-order valence-electron chi connectivity index (χ4n) is 3.17. The Kier molecular flexibility index (Phi) is 9.14. The standard InChI is InChI=1S/C18H30O5/c1-2-3-4-7-13(19)10-11-15-14(16(20)12-17(15)21)8-5-6-9-18(22)23/h3-4,10-11,13-17,19-21H,2,5-9,12H2,1H3,(H,22,23)/b4-3-,11-10+/t13-,14-,15+,16-,17+/m0/s1. The quantitative estimate of drug-likeness (QED) is 0.365. The second-order valence-corrected chi connectivity index (χ2v) is 6.32. The van der Waals surface area contributed by atoms with E-state index in [9.17, 15) is 20.1 Å². The van der Waals surface area contributed by atoms with E-state index in [1.807, 2.05) is 25.2 Å². The molecule has 5 atom stereocenters. The first-order chi connectivity index (χ1) is 11.0. The van der Waals surface area contributed by atoms with Crippen LogP contribution < -0.4 is 0 Å². The van der Waals surface area contributed by atoms with Crippen LogP contribution in [0.2, 0.25) is 0 Å². The number of carboxylic acid groups (broad SMARTS) is 1. The topological polar surface area (TPSA) is 98.0 Å². The Balaban J connectivity index is 2.51. The van der Waals surface area contributed by atoms with Crippen molar-refractivity contribution in [3.05, 3.63) is 24.3 Å². The lowest BCUT2D eigenvalue weighted by Crippen LogP contribution is -2.21. The first kappa shape index (κ1) is 19.9. The predicted molar refractivity (Wildman–Crippen MR) is 88.9 cm³/mol. The van der Waals surface area contributed by atoms with Crippen molar-refractivity contribution in [3.63, 3.8) is 0 Å². The highest BCUT2D eigenvalue weighted by molar-refractivity contribution is 5.66. The van der Waals surface area contributed by atoms with Gasteiger partial charge in [-0.25, -0.2) is 0 Å². The maximum Gasteiger partial charge on any atom is 0.303 e. The van der Waals surface area contributed by atoms with Crippen molar-refractivity contribution in [2.45, 2.75) is 70.2 Å². The van der Waals surface area contributed by atoms with Gasteiger partial charge in [-0.3, -0.25) is 4.79 Å². The van der Waals surface area contributed by atoms with Gasteiger partial charge in [-0.2, -0.15) is 0 Å². The molecule has 0 heterocycles. The summed E-state index contributed by atoms with van der Waals surface area (Å²) in [6, 6.07) is 0. The predicted octanol–water partition coefficient (Wildman–Crippen LogP) is 2.26. The highest BCUT2D eigenvalue weighted by Gasteiger charge is 2.39. The molecule has 1 saturated carbocycles. The molecule has 0 aromatic carbocycles. The first-order valence-corrected chi connectivity index (χ1v) is 8.55. The number of allylic oxidation sites excluding steroid dienone is 1. The van der Waals surface area contributed by atoms with E-state index in [4.69, 9.17) is 5.11 Å². The Morgan fingerprint density at radius 2 is 1.96 bits per heavy atom. The lowest BCUT2D eigenvalue weighted by molar-refractivity contribution is -0.137. The fraction of sp³-hybridized carbons (Fsp3) is 0.722. The van der Waals surface area contributed by atoms with Crippen molar-refractivity contribution in [1.82, 2.24) is 0 Å². The summed E-state index contributed by atoms with van der Waals surface area (Å²) in [6.45, 7) is 2.03. The zero-order chi connectivity index (χ0) is 17.2. The van der Waals surface area contributed by atoms with Crippen LogP contribution in [0.4, 0.5) is 0 Å². The summed E-state index contributed by atoms with van der Waals surface area (Å²) < 4.78 is 0. The van der Waals surface area contributed by atoms with Gasteiger partial charge in [0.25, 0.3) is 0 Å². The molecular formula is C18H30O5. The molecule has 23 heavy (non-hydrogen) atoms. The molecule has 0 aromatic heterocycles. The van der Waals surface area contributed by atoms with Crippen LogP contribution in [0.25, 0.3) is 0 Å². The Morgan fingerprint density at radius 1 is 1.22 bits per heavy atom. The smallest absolute Gasteiger partial charge is 0.303 e. The van der Waals surface area contributed by atoms with Crippen LogP contribution in [0.5, 0.6) is 0 Å². The minimum atomic E-state index is -0.809. The van der Waals surface area contributed by atoms with Crippen molar-refractivity contribution < 1.29 is 25.2 Å². The summed E-state index contributed by atoms with van der Waals surface area (Å²) in [4.78, 5) is 10.5. The lowest BCUT2D eigenvalue weighted by atomic mass is 9.88. The second-order valence-electron chi connectivity index (χ2n) is 6.32. The first-order valence-electron chi connectivity index (χ1n) is 8.55. The Bertz CT molecular complexity index is 404. The molecule has 0 saturated heterocycles. The van der Waals surface area contributed by atoms with Gasteiger partial charge in [0, 0.05) is 18.8 Å². The van der Waals surface area contributed by atoms with Crippen LogP contribution in [0, 0.1) is 11.8 Å². The average Bonchev–Trinajstić information content (AvgIpc) is 2.75. The minimum Gasteiger partial charge on any atom is -0.481 e. The summed E-state index contributed by atoms with van der Waals surface area (Å²) in [5.74, 6) is -1.07. The van der Waals surface area contributed by atoms with E-state index in [0.29, 0.717) is 32.1 Å². The zero-order valence-corrected chi connectivity index (χ0v) is 13.8. The average molecular weight is 326 g/mol. The molecular weight excluding hydrogens is 296 g/mol. The van der Waals surface area contributed by atoms with E-state index >= 15 is 0 Å². The van der Waals surface area contributed by atoms with Gasteiger partial charge in [0.2, 0.25) is 0 Å². The van der Waals surface area contributed by atoms with Crippen LogP contribution >= 0.6 is 0 Å². The largest absolute Gasteiger partial charge is 0.481 e. The van der Waals surface area contributed by atoms with Crippen molar-refractivity contribution in [2.24, 2.45) is 11.8 Å². The van der Waals surface area contributed by atoms with Gasteiger partial charge < -0.3 is 20.4 Å². The molecule has 4 N–H and O–H groups in total. The molecule has 1 aliphatic carbocycles. The zero-order valence-electron chi connectivity index (χ0n) is 13.8. The summed E-state index contributed by atoms with van der Waals surface area (Å²) in [5.41, 5.74) is 0. The van der Waals surface area contributed by atoms with Crippen molar-refractivity contribution in [2.75, 3.05) is 0 Å². The molecule has 0 aromatic rings. The molecule has 0 spiro atoms. The molecule has 5 nitrogen and oxygen atoms in total. The van der Waals surface area contributed by atoms with E-state index in [1.54, 1.807) is 6.08 Å². The second kappa shape index (κ2) is 10.6. The van der Waals surface area contributed by atoms with Gasteiger partial charge in [0.05, 0.1) is 18.3 Å². The molecule has 1 aliphatic rings. The number of aliphatic carboxylic acids is 1. The van der Waals surface area contributed by atoms with Gasteiger partial charge in [-0.1, -0.05) is 37.6 Å². The molecule has 0 aliphatic heterocycles. The fourth-order valence-corrected chi connectivity index (χ4v) is 3.17. The van der Waals surface area contributed by atoms with Gasteiger partial charge in [-0.15, -0.1) is 0 Å². The highest BCUT2D eigenvalue weighted by atomic mass is 16.4. The SMILES string of the molecule is CC/C=C\C[C@H](O)/C=C/[C@@H]1[C@H](CCCCC(=O)O)[C@@H](O)C[C@H]1O. The normalized spacial score (nSPS) is 29.6. The molecule has 1 fully saturated rings. The third-order valence-corrected chi connectivity index (χ3v) is 4.43. The van der Waals surface area contributed by atoms with Crippen LogP contribution in [0.15, 0.2) is 24.3 Å². The summed E-state index contributed by atoms with van der Waals surface area (Å²) >= 11 is 0. The number of aliphatic hydroxyl groups excluding tert-OH is 3. The van der Waals surface area contributed by atoms with Crippen LogP contribution in [-0.2, 0) is 4.79 Å². The molecule has 1 rings (SSSR count). The summed E-state index contributed by atoms with van der Waals surface area (Å²) in [7, 11) is 0. The number of rotatable bonds is 10. The molecule has 0 amide bonds. The highest BCUT2D eigenvalue weighted by Crippen LogP contribution is 2.37. The minimum absolute atomic E-state index is 0.0755. The number of carboxylic acids is 1. The number of aliphatic hydroxyl groups is 3. The van der Waals surface area contributed by atoms with E-state index in [0.717, 1.165) is 6.42 Å². The maximum atomic E-state index is 10.5. The molecule has 0 bridgehead atoms. The number of hydrogen-bond acceptors (Lipinski definition) is 4. The molecule has 5 heteroatoms. The van der Waals surface area contributed by atoms with Crippen LogP contribution in [0.3, 0.4) is 0 Å². The maximum absolute atomic E-state index is 10.5. The third-order valence-electron chi connectivity index (χ3n) is 4.43. The van der Waals surface area contributed by atoms with Gasteiger partial charge in [0.1, 0.15) is 0 Å². The third kappa shape index (κ3) is 7.29. The van der Waals surface area contributed by atoms with Crippen molar-refractivity contribution in [3.8, 4) is 0 Å². The van der Waals surface area contributed by atoms with E-state index < -0.39 is 24.3 Å². The van der Waals surface area contributed by atoms with Gasteiger partial charge >= 0.3 is 5.97 Å². The monoisotopic (exact) mass is 326 g/mol. The van der Waals surface area contributed by atoms with Gasteiger partial charge in [-0.05, 0) is 31.6 Å². The van der Waals surface area contributed by atoms with Gasteiger partial charge in [0.15, 0.2) is 0 Å². The molecule has 132 valence electrons. The Morgan fingerprint density at radius 3 is 2.61 bits per heavy atom. The number of hydrogen-bond donors (Lipinski definition) is 4. The molecule has 0 unspecified atom stereocenters. The number of carbonyl (C=O) groups is 1. The molecule has 0 radical (unpaired) electrons. The van der Waals surface area contributed by atoms with E-state index in [2.05, 4.69) is 0 Å². The van der Waals surface area contributed by atoms with Crippen LogP contribution in [0.1, 0.15) is 51.9 Å². The van der Waals surface area contributed by atoms with E-state index in [1.165, 1.54) is 0 Å². The summed E-state index contributed by atoms with van der Waals surface area (Å²) in [6.07, 6.45) is 9.59. The van der Waals surface area contributed by atoms with E-state index in [-0.39, 0.29) is 18.3 Å². The Labute approximate surface area is 138 Å². The number of unbranched alkanes of at least 4 members (excludes halogenated alkanes) is 1. The summed E-state index contributed by atoms with van der Waals surface area (Å²) in [5, 5.41) is 38.7. The van der Waals surface area contributed by atoms with Crippen molar-refractivity contribution >= 4 is 5.97 Å². The lowest BCUT2D eigenvalue weighted by Gasteiger charge is -2.21.